The van der Waals surface area contributed by atoms with Crippen LogP contribution in [0.15, 0.2) is 67.7 Å². The number of aromatic nitrogens is 1. The molecule has 0 amide bonds. The van der Waals surface area contributed by atoms with E-state index in [1.54, 1.807) is 41.8 Å². The zero-order chi connectivity index (χ0) is 21.3. The number of fused-ring (bicyclic) bond motifs is 1. The van der Waals surface area contributed by atoms with Crippen LogP contribution in [0.4, 0.5) is 5.69 Å². The number of nitrogens with one attached hydrogen (secondary N) is 1. The molecule has 0 aliphatic heterocycles. The average Bonchev–Trinajstić information content (AvgIpc) is 3.21. The first kappa shape index (κ1) is 20.6. The molecule has 2 heterocycles. The second kappa shape index (κ2) is 8.62. The number of anilines is 1. The third kappa shape index (κ3) is 4.13. The molecule has 0 atom stereocenters. The summed E-state index contributed by atoms with van der Waals surface area (Å²) in [5, 5.41) is 16.2. The van der Waals surface area contributed by atoms with Crippen molar-refractivity contribution < 1.29 is 4.42 Å². The fourth-order valence-corrected chi connectivity index (χ4v) is 4.22. The standard InChI is InChI=1S/C21H10BrCl2N3O2S/c22-13-4-5-18-11(6-13)7-14(21(28)29-18)17-10-30-20(27-17)12(8-25)9-26-16-3-1-2-15(23)19(16)24/h1-7,9-10,26H. The smallest absolute Gasteiger partial charge is 0.345 e. The van der Waals surface area contributed by atoms with E-state index in [9.17, 15) is 10.1 Å². The van der Waals surface area contributed by atoms with E-state index in [1.165, 1.54) is 17.5 Å². The molecule has 0 saturated carbocycles. The van der Waals surface area contributed by atoms with Gasteiger partial charge in [0.15, 0.2) is 0 Å². The molecular weight excluding hydrogens is 509 g/mol. The molecule has 0 radical (unpaired) electrons. The number of halogens is 3. The maximum Gasteiger partial charge on any atom is 0.345 e. The lowest BCUT2D eigenvalue weighted by atomic mass is 10.1. The molecule has 30 heavy (non-hydrogen) atoms. The summed E-state index contributed by atoms with van der Waals surface area (Å²) in [4.78, 5) is 16.9. The molecule has 2 aromatic carbocycles. The van der Waals surface area contributed by atoms with Gasteiger partial charge in [0.2, 0.25) is 0 Å². The van der Waals surface area contributed by atoms with Gasteiger partial charge in [-0.3, -0.25) is 0 Å². The number of nitrogens with zero attached hydrogens (tertiary/aromatic N) is 2. The largest absolute Gasteiger partial charge is 0.422 e. The first-order chi connectivity index (χ1) is 14.5. The molecule has 4 aromatic rings. The predicted molar refractivity (Wildman–Crippen MR) is 125 cm³/mol. The van der Waals surface area contributed by atoms with Crippen LogP contribution < -0.4 is 10.9 Å². The Bertz CT molecular complexity index is 1410. The van der Waals surface area contributed by atoms with E-state index >= 15 is 0 Å². The van der Waals surface area contributed by atoms with Gasteiger partial charge in [-0.1, -0.05) is 45.2 Å². The molecule has 0 bridgehead atoms. The molecule has 0 spiro atoms. The van der Waals surface area contributed by atoms with Crippen LogP contribution in [0.2, 0.25) is 10.0 Å². The van der Waals surface area contributed by atoms with E-state index in [0.717, 1.165) is 9.86 Å². The molecule has 4 rings (SSSR count). The highest BCUT2D eigenvalue weighted by Gasteiger charge is 2.14. The van der Waals surface area contributed by atoms with Gasteiger partial charge in [0.25, 0.3) is 0 Å². The van der Waals surface area contributed by atoms with E-state index < -0.39 is 5.63 Å². The van der Waals surface area contributed by atoms with Gasteiger partial charge in [0, 0.05) is 21.4 Å². The molecule has 0 fully saturated rings. The lowest BCUT2D eigenvalue weighted by Gasteiger charge is -2.05. The van der Waals surface area contributed by atoms with E-state index in [-0.39, 0.29) is 5.57 Å². The number of allylic oxidation sites excluding steroid dienone is 1. The monoisotopic (exact) mass is 517 g/mol. The maximum atomic E-state index is 12.4. The molecule has 0 unspecified atom stereocenters. The van der Waals surface area contributed by atoms with Crippen LogP contribution in [-0.4, -0.2) is 4.98 Å². The summed E-state index contributed by atoms with van der Waals surface area (Å²) >= 11 is 16.8. The summed E-state index contributed by atoms with van der Waals surface area (Å²) in [5.74, 6) is 0. The fraction of sp³-hybridized carbons (Fsp3) is 0. The Labute approximate surface area is 193 Å². The van der Waals surface area contributed by atoms with Crippen LogP contribution in [0.25, 0.3) is 27.8 Å². The zero-order valence-electron chi connectivity index (χ0n) is 14.9. The third-order valence-corrected chi connectivity index (χ3v) is 6.34. The lowest BCUT2D eigenvalue weighted by molar-refractivity contribution is 0.563. The molecule has 148 valence electrons. The van der Waals surface area contributed by atoms with E-state index in [4.69, 9.17) is 27.6 Å². The maximum absolute atomic E-state index is 12.4. The SMILES string of the molecule is N#CC(=CNc1cccc(Cl)c1Cl)c1nc(-c2cc3cc(Br)ccc3oc2=O)cs1. The van der Waals surface area contributed by atoms with Gasteiger partial charge in [-0.15, -0.1) is 11.3 Å². The molecule has 0 aliphatic rings. The van der Waals surface area contributed by atoms with Crippen molar-refractivity contribution in [2.24, 2.45) is 0 Å². The van der Waals surface area contributed by atoms with Crippen LogP contribution in [-0.2, 0) is 0 Å². The normalized spacial score (nSPS) is 11.5. The number of thiazole rings is 1. The minimum Gasteiger partial charge on any atom is -0.422 e. The number of hydrogen-bond acceptors (Lipinski definition) is 6. The summed E-state index contributed by atoms with van der Waals surface area (Å²) < 4.78 is 6.27. The van der Waals surface area contributed by atoms with Crippen molar-refractivity contribution in [3.63, 3.8) is 0 Å². The number of rotatable bonds is 4. The molecule has 0 aliphatic carbocycles. The Balaban J connectivity index is 1.68. The van der Waals surface area contributed by atoms with Crippen LogP contribution in [0.5, 0.6) is 0 Å². The van der Waals surface area contributed by atoms with Crippen molar-refractivity contribution in [2.45, 2.75) is 0 Å². The summed E-state index contributed by atoms with van der Waals surface area (Å²) in [6.45, 7) is 0. The second-order valence-corrected chi connectivity index (χ2v) is 8.64. The lowest BCUT2D eigenvalue weighted by Crippen LogP contribution is -2.03. The summed E-state index contributed by atoms with van der Waals surface area (Å²) in [5.41, 5.74) is 1.61. The van der Waals surface area contributed by atoms with Gasteiger partial charge in [-0.2, -0.15) is 5.26 Å². The van der Waals surface area contributed by atoms with E-state index in [2.05, 4.69) is 32.3 Å². The van der Waals surface area contributed by atoms with Crippen LogP contribution in [0, 0.1) is 11.3 Å². The molecule has 0 saturated heterocycles. The van der Waals surface area contributed by atoms with Gasteiger partial charge >= 0.3 is 5.63 Å². The van der Waals surface area contributed by atoms with Crippen LogP contribution in [0.1, 0.15) is 5.01 Å². The molecular formula is C21H10BrCl2N3O2S. The van der Waals surface area contributed by atoms with Crippen molar-refractivity contribution in [1.29, 1.82) is 5.26 Å². The molecule has 5 nitrogen and oxygen atoms in total. The van der Waals surface area contributed by atoms with Gasteiger partial charge < -0.3 is 9.73 Å². The fourth-order valence-electron chi connectivity index (χ4n) is 2.70. The molecule has 1 N–H and O–H groups in total. The molecule has 2 aromatic heterocycles. The number of benzene rings is 2. The minimum absolute atomic E-state index is 0.287. The van der Waals surface area contributed by atoms with E-state index in [0.29, 0.717) is 37.6 Å². The third-order valence-electron chi connectivity index (χ3n) is 4.15. The highest BCUT2D eigenvalue weighted by molar-refractivity contribution is 9.10. The summed E-state index contributed by atoms with van der Waals surface area (Å²) in [6.07, 6.45) is 1.50. The van der Waals surface area contributed by atoms with Crippen LogP contribution >= 0.6 is 50.5 Å². The Morgan fingerprint density at radius 1 is 1.27 bits per heavy atom. The Morgan fingerprint density at radius 2 is 2.10 bits per heavy atom. The van der Waals surface area contributed by atoms with Crippen molar-refractivity contribution in [3.8, 4) is 17.3 Å². The van der Waals surface area contributed by atoms with Crippen LogP contribution in [0.3, 0.4) is 0 Å². The van der Waals surface area contributed by atoms with Crippen molar-refractivity contribution >= 4 is 72.7 Å². The Morgan fingerprint density at radius 3 is 2.90 bits per heavy atom. The summed E-state index contributed by atoms with van der Waals surface area (Å²) in [6, 6.07) is 14.4. The number of hydrogen-bond donors (Lipinski definition) is 1. The minimum atomic E-state index is -0.493. The second-order valence-electron chi connectivity index (χ2n) is 6.08. The zero-order valence-corrected chi connectivity index (χ0v) is 18.9. The van der Waals surface area contributed by atoms with Crippen molar-refractivity contribution in [3.05, 3.63) is 84.0 Å². The van der Waals surface area contributed by atoms with Gasteiger partial charge in [0.05, 0.1) is 27.0 Å². The molecule has 9 heteroatoms. The van der Waals surface area contributed by atoms with Gasteiger partial charge in [-0.25, -0.2) is 9.78 Å². The number of nitriles is 1. The van der Waals surface area contributed by atoms with Crippen molar-refractivity contribution in [1.82, 2.24) is 4.98 Å². The first-order valence-corrected chi connectivity index (χ1v) is 10.9. The Hall–Kier alpha value is -2.63. The highest BCUT2D eigenvalue weighted by atomic mass is 79.9. The Kier molecular flexibility index (Phi) is 5.93. The first-order valence-electron chi connectivity index (χ1n) is 8.47. The quantitative estimate of drug-likeness (QED) is 0.233. The van der Waals surface area contributed by atoms with Gasteiger partial charge in [0.1, 0.15) is 22.2 Å². The average molecular weight is 519 g/mol. The topological polar surface area (TPSA) is 78.9 Å². The summed E-state index contributed by atoms with van der Waals surface area (Å²) in [7, 11) is 0. The van der Waals surface area contributed by atoms with E-state index in [1.807, 2.05) is 6.07 Å². The predicted octanol–water partition coefficient (Wildman–Crippen LogP) is 6.96. The van der Waals surface area contributed by atoms with Gasteiger partial charge in [-0.05, 0) is 36.4 Å². The highest BCUT2D eigenvalue weighted by Crippen LogP contribution is 2.31. The van der Waals surface area contributed by atoms with Crippen molar-refractivity contribution in [2.75, 3.05) is 5.32 Å².